The number of nitrogens with one attached hydrogen (secondary N) is 1. The van der Waals surface area contributed by atoms with Gasteiger partial charge in [-0.15, -0.1) is 16.5 Å². The van der Waals surface area contributed by atoms with Crippen LogP contribution in [0.1, 0.15) is 11.5 Å². The Morgan fingerprint density at radius 2 is 1.94 bits per heavy atom. The first-order chi connectivity index (χ1) is 14.9. The minimum atomic E-state index is -0.710. The van der Waals surface area contributed by atoms with Crippen LogP contribution in [0.5, 0.6) is 11.5 Å². The van der Waals surface area contributed by atoms with Crippen LogP contribution in [0.3, 0.4) is 0 Å². The van der Waals surface area contributed by atoms with Crippen LogP contribution < -0.4 is 15.9 Å². The average molecular weight is 439 g/mol. The molecule has 0 aliphatic heterocycles. The van der Waals surface area contributed by atoms with Crippen molar-refractivity contribution in [3.05, 3.63) is 67.9 Å². The molecule has 3 aromatic heterocycles. The Hall–Kier alpha value is -3.99. The molecule has 10 nitrogen and oxygen atoms in total. The number of benzene rings is 1. The quantitative estimate of drug-likeness (QED) is 0.452. The van der Waals surface area contributed by atoms with Gasteiger partial charge in [-0.1, -0.05) is 0 Å². The number of rotatable bonds is 5. The zero-order valence-corrected chi connectivity index (χ0v) is 17.6. The minimum absolute atomic E-state index is 0.0659. The van der Waals surface area contributed by atoms with Crippen LogP contribution in [0.25, 0.3) is 16.4 Å². The molecule has 0 saturated heterocycles. The number of thiazole rings is 1. The number of aromatic hydroxyl groups is 1. The van der Waals surface area contributed by atoms with E-state index in [-0.39, 0.29) is 33.6 Å². The first-order valence-corrected chi connectivity index (χ1v) is 9.92. The van der Waals surface area contributed by atoms with E-state index in [1.165, 1.54) is 10.7 Å². The standard InChI is InChI=1S/C20H17N5O5S/c1-10-8-15(26)16(19(28)30-10)14-9-31-20(21-14)25-18(27)17(11(2)24-25)23-22-12-4-6-13(29-3)7-5-12/h4-9,24,26H,1-3H3. The third-order valence-electron chi connectivity index (χ3n) is 4.37. The molecule has 1 aromatic carbocycles. The van der Waals surface area contributed by atoms with Gasteiger partial charge in [0, 0.05) is 11.4 Å². The van der Waals surface area contributed by atoms with E-state index in [0.717, 1.165) is 11.3 Å². The normalized spacial score (nSPS) is 11.3. The molecule has 0 bridgehead atoms. The molecule has 31 heavy (non-hydrogen) atoms. The van der Waals surface area contributed by atoms with E-state index in [9.17, 15) is 14.7 Å². The smallest absolute Gasteiger partial charge is 0.349 e. The van der Waals surface area contributed by atoms with Crippen LogP contribution >= 0.6 is 11.3 Å². The molecule has 0 aliphatic rings. The number of aryl methyl sites for hydroxylation is 2. The summed E-state index contributed by atoms with van der Waals surface area (Å²) >= 11 is 1.12. The highest BCUT2D eigenvalue weighted by atomic mass is 32.1. The Balaban J connectivity index is 1.67. The number of H-pyrrole nitrogens is 1. The molecule has 0 fully saturated rings. The highest BCUT2D eigenvalue weighted by molar-refractivity contribution is 7.12. The summed E-state index contributed by atoms with van der Waals surface area (Å²) in [5.41, 5.74) is 0.164. The molecule has 4 aromatic rings. The van der Waals surface area contributed by atoms with Crippen molar-refractivity contribution >= 4 is 22.7 Å². The average Bonchev–Trinajstić information content (AvgIpc) is 3.31. The second-order valence-corrected chi connectivity index (χ2v) is 7.38. The molecule has 0 saturated carbocycles. The van der Waals surface area contributed by atoms with Gasteiger partial charge >= 0.3 is 11.2 Å². The van der Waals surface area contributed by atoms with Gasteiger partial charge in [-0.3, -0.25) is 9.89 Å². The monoisotopic (exact) mass is 439 g/mol. The Morgan fingerprint density at radius 3 is 2.61 bits per heavy atom. The summed E-state index contributed by atoms with van der Waals surface area (Å²) in [7, 11) is 1.57. The SMILES string of the molecule is COc1ccc(N=Nc2c(C)[nH]n(-c3nc(-c4c(O)cc(C)oc4=O)cs3)c2=O)cc1. The summed E-state index contributed by atoms with van der Waals surface area (Å²) in [5, 5.41) is 23.0. The molecule has 0 unspecified atom stereocenters. The maximum absolute atomic E-state index is 12.8. The number of nitrogens with zero attached hydrogens (tertiary/aromatic N) is 4. The highest BCUT2D eigenvalue weighted by Crippen LogP contribution is 2.29. The molecular weight excluding hydrogens is 422 g/mol. The van der Waals surface area contributed by atoms with Crippen molar-refractivity contribution in [1.29, 1.82) is 0 Å². The second kappa shape index (κ2) is 8.03. The third-order valence-corrected chi connectivity index (χ3v) is 5.20. The number of hydrogen-bond donors (Lipinski definition) is 2. The molecule has 0 radical (unpaired) electrons. The lowest BCUT2D eigenvalue weighted by Gasteiger charge is -2.00. The van der Waals surface area contributed by atoms with Gasteiger partial charge in [-0.05, 0) is 38.1 Å². The fourth-order valence-electron chi connectivity index (χ4n) is 2.86. The fraction of sp³-hybridized carbons (Fsp3) is 0.150. The van der Waals surface area contributed by atoms with Crippen LogP contribution in [0, 0.1) is 13.8 Å². The van der Waals surface area contributed by atoms with E-state index in [2.05, 4.69) is 20.3 Å². The number of azo groups is 1. The summed E-state index contributed by atoms with van der Waals surface area (Å²) < 4.78 is 11.3. The zero-order chi connectivity index (χ0) is 22.1. The van der Waals surface area contributed by atoms with E-state index < -0.39 is 11.2 Å². The summed E-state index contributed by atoms with van der Waals surface area (Å²) in [6.45, 7) is 3.25. The largest absolute Gasteiger partial charge is 0.507 e. The predicted octanol–water partition coefficient (Wildman–Crippen LogP) is 3.99. The second-order valence-electron chi connectivity index (χ2n) is 6.54. The van der Waals surface area contributed by atoms with Gasteiger partial charge in [-0.25, -0.2) is 9.78 Å². The van der Waals surface area contributed by atoms with Gasteiger partial charge < -0.3 is 14.3 Å². The van der Waals surface area contributed by atoms with Crippen molar-refractivity contribution in [2.24, 2.45) is 10.2 Å². The Kier molecular flexibility index (Phi) is 5.26. The molecular formula is C20H17N5O5S. The van der Waals surface area contributed by atoms with Crippen LogP contribution in [-0.4, -0.2) is 27.0 Å². The topological polar surface area (TPSA) is 135 Å². The number of hydrogen-bond acceptors (Lipinski definition) is 9. The Bertz CT molecular complexity index is 1390. The van der Waals surface area contributed by atoms with Crippen LogP contribution in [0.4, 0.5) is 11.4 Å². The number of aromatic amines is 1. The fourth-order valence-corrected chi connectivity index (χ4v) is 3.63. The van der Waals surface area contributed by atoms with Gasteiger partial charge in [0.15, 0.2) is 5.69 Å². The van der Waals surface area contributed by atoms with Crippen LogP contribution in [0.15, 0.2) is 59.9 Å². The van der Waals surface area contributed by atoms with Crippen molar-refractivity contribution in [3.63, 3.8) is 0 Å². The molecule has 0 amide bonds. The molecule has 0 atom stereocenters. The Labute approximate surface area is 179 Å². The van der Waals surface area contributed by atoms with Crippen molar-refractivity contribution in [1.82, 2.24) is 14.8 Å². The first-order valence-electron chi connectivity index (χ1n) is 9.04. The number of methoxy groups -OCH3 is 1. The summed E-state index contributed by atoms with van der Waals surface area (Å²) in [5.74, 6) is 0.728. The van der Waals surface area contributed by atoms with E-state index in [4.69, 9.17) is 9.15 Å². The van der Waals surface area contributed by atoms with Crippen molar-refractivity contribution in [2.45, 2.75) is 13.8 Å². The lowest BCUT2D eigenvalue weighted by Crippen LogP contribution is -2.14. The highest BCUT2D eigenvalue weighted by Gasteiger charge is 2.19. The lowest BCUT2D eigenvalue weighted by atomic mass is 10.2. The van der Waals surface area contributed by atoms with Crippen molar-refractivity contribution < 1.29 is 14.3 Å². The maximum atomic E-state index is 12.8. The first kappa shape index (κ1) is 20.3. The van der Waals surface area contributed by atoms with Gasteiger partial charge in [0.1, 0.15) is 22.8 Å². The molecule has 3 heterocycles. The van der Waals surface area contributed by atoms with E-state index in [1.54, 1.807) is 50.6 Å². The maximum Gasteiger partial charge on any atom is 0.349 e. The minimum Gasteiger partial charge on any atom is -0.507 e. The summed E-state index contributed by atoms with van der Waals surface area (Å²) in [6.07, 6.45) is 0. The molecule has 4 rings (SSSR count). The van der Waals surface area contributed by atoms with Crippen molar-refractivity contribution in [2.75, 3.05) is 7.11 Å². The third kappa shape index (κ3) is 3.90. The molecule has 158 valence electrons. The molecule has 11 heteroatoms. The van der Waals surface area contributed by atoms with E-state index in [0.29, 0.717) is 17.1 Å². The van der Waals surface area contributed by atoms with Gasteiger partial charge in [0.25, 0.3) is 0 Å². The molecule has 2 N–H and O–H groups in total. The van der Waals surface area contributed by atoms with Crippen LogP contribution in [0.2, 0.25) is 0 Å². The van der Waals surface area contributed by atoms with Gasteiger partial charge in [0.05, 0.1) is 24.2 Å². The lowest BCUT2D eigenvalue weighted by molar-refractivity contribution is 0.415. The van der Waals surface area contributed by atoms with Crippen molar-refractivity contribution in [3.8, 4) is 27.9 Å². The number of aromatic nitrogens is 3. The van der Waals surface area contributed by atoms with E-state index in [1.807, 2.05) is 0 Å². The van der Waals surface area contributed by atoms with Gasteiger partial charge in [-0.2, -0.15) is 9.80 Å². The van der Waals surface area contributed by atoms with Gasteiger partial charge in [0.2, 0.25) is 5.13 Å². The summed E-state index contributed by atoms with van der Waals surface area (Å²) in [6, 6.07) is 8.25. The van der Waals surface area contributed by atoms with E-state index >= 15 is 0 Å². The zero-order valence-electron chi connectivity index (χ0n) is 16.7. The molecule has 0 spiro atoms. The predicted molar refractivity (Wildman–Crippen MR) is 114 cm³/mol. The molecule has 0 aliphatic carbocycles. The van der Waals surface area contributed by atoms with Crippen LogP contribution in [-0.2, 0) is 0 Å². The number of ether oxygens (including phenoxy) is 1. The summed E-state index contributed by atoms with van der Waals surface area (Å²) in [4.78, 5) is 29.2. The Morgan fingerprint density at radius 1 is 1.19 bits per heavy atom.